The first-order chi connectivity index (χ1) is 28.6. The van der Waals surface area contributed by atoms with Gasteiger partial charge in [-0.2, -0.15) is 0 Å². The fraction of sp³-hybridized carbons (Fsp3) is 0.236. The summed E-state index contributed by atoms with van der Waals surface area (Å²) in [6.07, 6.45) is 5.02. The summed E-state index contributed by atoms with van der Waals surface area (Å²) < 4.78 is 4.84. The van der Waals surface area contributed by atoms with E-state index in [0.29, 0.717) is 23.7 Å². The van der Waals surface area contributed by atoms with Gasteiger partial charge in [0.15, 0.2) is 0 Å². The van der Waals surface area contributed by atoms with E-state index in [2.05, 4.69) is 198 Å². The lowest BCUT2D eigenvalue weighted by molar-refractivity contribution is 0.836. The first-order valence-corrected chi connectivity index (χ1v) is 21.5. The molecule has 0 bridgehead atoms. The highest BCUT2D eigenvalue weighted by atomic mass is 15.0. The molecule has 0 radical (unpaired) electrons. The molecule has 0 aliphatic carbocycles. The molecular formula is C55H52N4. The molecule has 0 N–H and O–H groups in total. The molecule has 0 fully saturated rings. The van der Waals surface area contributed by atoms with Gasteiger partial charge in [0.1, 0.15) is 11.3 Å². The van der Waals surface area contributed by atoms with Crippen LogP contribution in [0.5, 0.6) is 0 Å². The predicted molar refractivity (Wildman–Crippen MR) is 250 cm³/mol. The van der Waals surface area contributed by atoms with Crippen molar-refractivity contribution in [3.63, 3.8) is 0 Å². The third-order valence-electron chi connectivity index (χ3n) is 12.7. The van der Waals surface area contributed by atoms with Gasteiger partial charge in [-0.05, 0) is 98.5 Å². The lowest BCUT2D eigenvalue weighted by atomic mass is 9.87. The molecule has 0 aliphatic heterocycles. The number of rotatable bonds is 8. The van der Waals surface area contributed by atoms with Gasteiger partial charge < -0.3 is 0 Å². The summed E-state index contributed by atoms with van der Waals surface area (Å²) in [5.41, 5.74) is 17.3. The van der Waals surface area contributed by atoms with Crippen molar-refractivity contribution in [1.29, 1.82) is 0 Å². The summed E-state index contributed by atoms with van der Waals surface area (Å²) in [7, 11) is 0. The number of nitrogens with zero attached hydrogens (tertiary/aromatic N) is 4. The summed E-state index contributed by atoms with van der Waals surface area (Å²) >= 11 is 0. The smallest absolute Gasteiger partial charge is 0.145 e. The summed E-state index contributed by atoms with van der Waals surface area (Å²) in [6, 6.07) is 45.3. The third-order valence-corrected chi connectivity index (χ3v) is 12.7. The monoisotopic (exact) mass is 768 g/mol. The maximum Gasteiger partial charge on any atom is 0.145 e. The van der Waals surface area contributed by atoms with Crippen LogP contribution in [0.1, 0.15) is 112 Å². The zero-order valence-corrected chi connectivity index (χ0v) is 35.5. The van der Waals surface area contributed by atoms with E-state index < -0.39 is 0 Å². The second kappa shape index (κ2) is 14.2. The molecule has 0 saturated heterocycles. The van der Waals surface area contributed by atoms with Crippen molar-refractivity contribution >= 4 is 54.6 Å². The van der Waals surface area contributed by atoms with E-state index in [1.807, 2.05) is 0 Å². The van der Waals surface area contributed by atoms with Gasteiger partial charge in [0.25, 0.3) is 0 Å². The number of aromatic nitrogens is 4. The Balaban J connectivity index is 1.15. The Kier molecular flexibility index (Phi) is 8.94. The molecule has 0 atom stereocenters. The summed E-state index contributed by atoms with van der Waals surface area (Å²) in [5.74, 6) is 1.54. The second-order valence-corrected chi connectivity index (χ2v) is 17.8. The Morgan fingerprint density at radius 2 is 0.763 bits per heavy atom. The quantitative estimate of drug-likeness (QED) is 0.144. The van der Waals surface area contributed by atoms with Crippen LogP contribution in [0, 0.1) is 0 Å². The number of benzene rings is 6. The van der Waals surface area contributed by atoms with Crippen LogP contribution in [0.3, 0.4) is 0 Å². The van der Waals surface area contributed by atoms with Crippen LogP contribution in [-0.4, -0.2) is 18.8 Å². The van der Waals surface area contributed by atoms with Crippen molar-refractivity contribution < 1.29 is 0 Å². The fourth-order valence-electron chi connectivity index (χ4n) is 9.89. The van der Waals surface area contributed by atoms with Crippen molar-refractivity contribution in [2.24, 2.45) is 0 Å². The fourth-order valence-corrected chi connectivity index (χ4v) is 9.89. The summed E-state index contributed by atoms with van der Waals surface area (Å²) in [5, 5.41) is 7.30. The van der Waals surface area contributed by atoms with Gasteiger partial charge in [0, 0.05) is 32.7 Å². The highest BCUT2D eigenvalue weighted by Gasteiger charge is 2.23. The molecular weight excluding hydrogens is 717 g/mol. The van der Waals surface area contributed by atoms with Crippen molar-refractivity contribution in [2.45, 2.75) is 85.5 Å². The summed E-state index contributed by atoms with van der Waals surface area (Å²) in [6.45, 7) is 18.4. The minimum atomic E-state index is 0.385. The SMILES string of the molecule is CC(C)c1cccc(C(C)C)c1-c1cnc2c3cc(Cc4ccc5c6ccccc6n6c(-c7c(C(C)C)cccc7C(C)C)cnc6c5c4)ccc3c3ccccc3n12. The number of fused-ring (bicyclic) bond motifs is 12. The molecule has 4 nitrogen and oxygen atoms in total. The molecule has 4 heterocycles. The van der Waals surface area contributed by atoms with Crippen molar-refractivity contribution in [3.8, 4) is 22.5 Å². The molecule has 0 spiro atoms. The van der Waals surface area contributed by atoms with E-state index >= 15 is 0 Å². The maximum absolute atomic E-state index is 5.24. The number of imidazole rings is 2. The van der Waals surface area contributed by atoms with Crippen molar-refractivity contribution in [1.82, 2.24) is 18.8 Å². The highest BCUT2D eigenvalue weighted by molar-refractivity contribution is 6.14. The Morgan fingerprint density at radius 1 is 0.390 bits per heavy atom. The lowest BCUT2D eigenvalue weighted by Gasteiger charge is -2.20. The van der Waals surface area contributed by atoms with Crippen LogP contribution in [-0.2, 0) is 6.42 Å². The zero-order valence-electron chi connectivity index (χ0n) is 35.5. The van der Waals surface area contributed by atoms with Gasteiger partial charge in [-0.25, -0.2) is 9.97 Å². The van der Waals surface area contributed by atoms with Gasteiger partial charge in [0.2, 0.25) is 0 Å². The average molecular weight is 769 g/mol. The van der Waals surface area contributed by atoms with Gasteiger partial charge in [-0.1, -0.05) is 152 Å². The van der Waals surface area contributed by atoms with Crippen molar-refractivity contribution in [2.75, 3.05) is 0 Å². The molecule has 0 unspecified atom stereocenters. The largest absolute Gasteiger partial charge is 0.292 e. The molecule has 6 aromatic carbocycles. The first-order valence-electron chi connectivity index (χ1n) is 21.5. The van der Waals surface area contributed by atoms with Crippen LogP contribution in [0.25, 0.3) is 77.2 Å². The number of hydrogen-bond acceptors (Lipinski definition) is 2. The van der Waals surface area contributed by atoms with E-state index in [1.54, 1.807) is 0 Å². The standard InChI is InChI=1S/C55H52N4/c1-32(2)38-17-13-18-39(33(3)4)52(38)50-30-56-54-46-28-36(23-25-42(46)44-15-9-11-21-48(44)58(50)54)27-37-24-26-43-45-16-10-12-22-49(45)59-51(31-57-55(59)47(43)29-37)53-40(34(5)6)19-14-20-41(53)35(7)8/h9-26,28-35H,27H2,1-8H3. The molecule has 10 rings (SSSR count). The third kappa shape index (κ3) is 5.86. The number of hydrogen-bond donors (Lipinski definition) is 0. The molecule has 10 aromatic rings. The van der Waals surface area contributed by atoms with Crippen LogP contribution in [0.2, 0.25) is 0 Å². The molecule has 292 valence electrons. The predicted octanol–water partition coefficient (Wildman–Crippen LogP) is 15.0. The van der Waals surface area contributed by atoms with E-state index in [1.165, 1.54) is 87.9 Å². The van der Waals surface area contributed by atoms with Gasteiger partial charge >= 0.3 is 0 Å². The van der Waals surface area contributed by atoms with Gasteiger partial charge in [0.05, 0.1) is 34.8 Å². The van der Waals surface area contributed by atoms with E-state index in [0.717, 1.165) is 29.1 Å². The van der Waals surface area contributed by atoms with Gasteiger partial charge in [-0.15, -0.1) is 0 Å². The Bertz CT molecular complexity index is 2990. The van der Waals surface area contributed by atoms with Crippen LogP contribution in [0.15, 0.2) is 134 Å². The van der Waals surface area contributed by atoms with Gasteiger partial charge in [-0.3, -0.25) is 8.80 Å². The van der Waals surface area contributed by atoms with Crippen LogP contribution >= 0.6 is 0 Å². The Hall–Kier alpha value is -6.26. The molecule has 0 saturated carbocycles. The lowest BCUT2D eigenvalue weighted by Crippen LogP contribution is -2.03. The van der Waals surface area contributed by atoms with E-state index in [4.69, 9.17) is 9.97 Å². The molecule has 4 heteroatoms. The number of para-hydroxylation sites is 2. The first kappa shape index (κ1) is 37.0. The maximum atomic E-state index is 5.24. The van der Waals surface area contributed by atoms with Crippen molar-refractivity contribution in [3.05, 3.63) is 167 Å². The molecule has 4 aromatic heterocycles. The Morgan fingerprint density at radius 3 is 1.14 bits per heavy atom. The highest BCUT2D eigenvalue weighted by Crippen LogP contribution is 2.42. The molecule has 59 heavy (non-hydrogen) atoms. The van der Waals surface area contributed by atoms with E-state index in [-0.39, 0.29) is 0 Å². The second-order valence-electron chi connectivity index (χ2n) is 17.8. The average Bonchev–Trinajstić information content (AvgIpc) is 3.89. The van der Waals surface area contributed by atoms with Crippen LogP contribution < -0.4 is 0 Å². The molecule has 0 aliphatic rings. The topological polar surface area (TPSA) is 34.6 Å². The summed E-state index contributed by atoms with van der Waals surface area (Å²) in [4.78, 5) is 10.5. The zero-order chi connectivity index (χ0) is 40.7. The van der Waals surface area contributed by atoms with E-state index in [9.17, 15) is 0 Å². The minimum Gasteiger partial charge on any atom is -0.292 e. The molecule has 0 amide bonds. The number of pyridine rings is 2. The minimum absolute atomic E-state index is 0.385. The Labute approximate surface area is 347 Å². The normalized spacial score (nSPS) is 12.4. The van der Waals surface area contributed by atoms with Crippen LogP contribution in [0.4, 0.5) is 0 Å².